The Labute approximate surface area is 102 Å². The second-order valence-corrected chi connectivity index (χ2v) is 5.46. The minimum absolute atomic E-state index is 1.17. The Hall–Kier alpha value is -0.0200. The Bertz CT molecular complexity index is 343. The first-order valence-electron chi connectivity index (χ1n) is 4.89. The van der Waals surface area contributed by atoms with Gasteiger partial charge in [0, 0.05) is 22.0 Å². The zero-order valence-corrected chi connectivity index (χ0v) is 11.4. The summed E-state index contributed by atoms with van der Waals surface area (Å²) in [5, 5.41) is 0. The standard InChI is InChI=1S/C11H13Br2N/c1-8-6-11(10(13)7-9(8)12)14-4-2-3-5-14/h6-7H,2-5H2,1H3. The SMILES string of the molecule is Cc1cc(N2CCCC2)c(Br)cc1Br. The predicted molar refractivity (Wildman–Crippen MR) is 68.0 cm³/mol. The molecule has 3 heteroatoms. The van der Waals surface area contributed by atoms with Crippen LogP contribution < -0.4 is 4.90 Å². The van der Waals surface area contributed by atoms with Gasteiger partial charge in [-0.25, -0.2) is 0 Å². The van der Waals surface area contributed by atoms with Crippen molar-refractivity contribution in [1.29, 1.82) is 0 Å². The third kappa shape index (κ3) is 1.98. The van der Waals surface area contributed by atoms with Crippen LogP contribution in [0.15, 0.2) is 21.1 Å². The lowest BCUT2D eigenvalue weighted by atomic mass is 10.2. The van der Waals surface area contributed by atoms with Gasteiger partial charge in [-0.1, -0.05) is 15.9 Å². The average molecular weight is 319 g/mol. The van der Waals surface area contributed by atoms with E-state index < -0.39 is 0 Å². The summed E-state index contributed by atoms with van der Waals surface area (Å²) in [4.78, 5) is 2.45. The molecule has 0 atom stereocenters. The van der Waals surface area contributed by atoms with Crippen LogP contribution in [0.4, 0.5) is 5.69 Å². The highest BCUT2D eigenvalue weighted by atomic mass is 79.9. The summed E-state index contributed by atoms with van der Waals surface area (Å²) in [6, 6.07) is 4.39. The fourth-order valence-corrected chi connectivity index (χ4v) is 3.09. The molecule has 0 bridgehead atoms. The van der Waals surface area contributed by atoms with E-state index in [0.717, 1.165) is 0 Å². The molecule has 1 saturated heterocycles. The molecular formula is C11H13Br2N. The Morgan fingerprint density at radius 3 is 2.36 bits per heavy atom. The van der Waals surface area contributed by atoms with Crippen LogP contribution in [0, 0.1) is 6.92 Å². The number of nitrogens with zero attached hydrogens (tertiary/aromatic N) is 1. The van der Waals surface area contributed by atoms with Gasteiger partial charge in [-0.15, -0.1) is 0 Å². The van der Waals surface area contributed by atoms with E-state index in [4.69, 9.17) is 0 Å². The summed E-state index contributed by atoms with van der Waals surface area (Å²) < 4.78 is 2.36. The Morgan fingerprint density at radius 1 is 1.07 bits per heavy atom. The first kappa shape index (κ1) is 10.5. The number of benzene rings is 1. The second kappa shape index (κ2) is 4.23. The summed E-state index contributed by atoms with van der Waals surface area (Å²) >= 11 is 7.16. The molecule has 0 radical (unpaired) electrons. The van der Waals surface area contributed by atoms with E-state index in [1.807, 2.05) is 0 Å². The van der Waals surface area contributed by atoms with E-state index in [9.17, 15) is 0 Å². The molecule has 0 saturated carbocycles. The summed E-state index contributed by atoms with van der Waals surface area (Å²) in [5.74, 6) is 0. The number of hydrogen-bond acceptors (Lipinski definition) is 1. The van der Waals surface area contributed by atoms with Crippen molar-refractivity contribution in [1.82, 2.24) is 0 Å². The zero-order valence-electron chi connectivity index (χ0n) is 8.19. The fraction of sp³-hybridized carbons (Fsp3) is 0.455. The quantitative estimate of drug-likeness (QED) is 0.753. The molecule has 14 heavy (non-hydrogen) atoms. The Kier molecular flexibility index (Phi) is 3.17. The van der Waals surface area contributed by atoms with Gasteiger partial charge in [0.1, 0.15) is 0 Å². The monoisotopic (exact) mass is 317 g/mol. The molecule has 1 aromatic carbocycles. The van der Waals surface area contributed by atoms with E-state index in [1.165, 1.54) is 46.1 Å². The van der Waals surface area contributed by atoms with Gasteiger partial charge in [0.2, 0.25) is 0 Å². The number of rotatable bonds is 1. The molecule has 0 N–H and O–H groups in total. The molecule has 1 heterocycles. The summed E-state index contributed by atoms with van der Waals surface area (Å²) in [6.07, 6.45) is 2.64. The fourth-order valence-electron chi connectivity index (χ4n) is 1.84. The maximum absolute atomic E-state index is 3.62. The van der Waals surface area contributed by atoms with Crippen LogP contribution in [0.2, 0.25) is 0 Å². The van der Waals surface area contributed by atoms with Crippen molar-refractivity contribution in [3.8, 4) is 0 Å². The van der Waals surface area contributed by atoms with Crippen molar-refractivity contribution in [2.24, 2.45) is 0 Å². The van der Waals surface area contributed by atoms with Crippen LogP contribution in [0.25, 0.3) is 0 Å². The largest absolute Gasteiger partial charge is 0.371 e. The Balaban J connectivity index is 2.37. The van der Waals surface area contributed by atoms with Crippen LogP contribution >= 0.6 is 31.9 Å². The van der Waals surface area contributed by atoms with E-state index in [-0.39, 0.29) is 0 Å². The highest BCUT2D eigenvalue weighted by Crippen LogP contribution is 2.33. The molecule has 1 fully saturated rings. The first-order valence-corrected chi connectivity index (χ1v) is 6.47. The summed E-state index contributed by atoms with van der Waals surface area (Å²) in [6.45, 7) is 4.52. The number of anilines is 1. The first-order chi connectivity index (χ1) is 6.68. The minimum atomic E-state index is 1.17. The van der Waals surface area contributed by atoms with Crippen LogP contribution in [0.3, 0.4) is 0 Å². The summed E-state index contributed by atoms with van der Waals surface area (Å²) in [5.41, 5.74) is 2.64. The zero-order chi connectivity index (χ0) is 10.1. The number of aryl methyl sites for hydroxylation is 1. The van der Waals surface area contributed by atoms with Gasteiger partial charge in [-0.3, -0.25) is 0 Å². The molecule has 0 aromatic heterocycles. The van der Waals surface area contributed by atoms with E-state index in [2.05, 4.69) is 55.8 Å². The molecule has 1 aliphatic rings. The Morgan fingerprint density at radius 2 is 1.71 bits per heavy atom. The van der Waals surface area contributed by atoms with Crippen LogP contribution in [0.1, 0.15) is 18.4 Å². The van der Waals surface area contributed by atoms with Crippen molar-refractivity contribution < 1.29 is 0 Å². The maximum Gasteiger partial charge on any atom is 0.0514 e. The van der Waals surface area contributed by atoms with Crippen molar-refractivity contribution in [2.45, 2.75) is 19.8 Å². The molecule has 76 valence electrons. The lowest BCUT2D eigenvalue weighted by molar-refractivity contribution is 0.949. The molecule has 1 aromatic rings. The van der Waals surface area contributed by atoms with Crippen molar-refractivity contribution in [3.63, 3.8) is 0 Å². The molecule has 0 aliphatic carbocycles. The van der Waals surface area contributed by atoms with Crippen LogP contribution in [-0.4, -0.2) is 13.1 Å². The lowest BCUT2D eigenvalue weighted by Gasteiger charge is -2.20. The average Bonchev–Trinajstić information content (AvgIpc) is 2.64. The van der Waals surface area contributed by atoms with Crippen molar-refractivity contribution in [2.75, 3.05) is 18.0 Å². The van der Waals surface area contributed by atoms with Gasteiger partial charge in [0.25, 0.3) is 0 Å². The topological polar surface area (TPSA) is 3.24 Å². The van der Waals surface area contributed by atoms with E-state index in [1.54, 1.807) is 0 Å². The molecule has 1 nitrogen and oxygen atoms in total. The third-order valence-electron chi connectivity index (χ3n) is 2.67. The highest BCUT2D eigenvalue weighted by molar-refractivity contribution is 9.11. The van der Waals surface area contributed by atoms with Gasteiger partial charge >= 0.3 is 0 Å². The maximum atomic E-state index is 3.62. The third-order valence-corrected chi connectivity index (χ3v) is 4.16. The molecule has 0 spiro atoms. The van der Waals surface area contributed by atoms with Gasteiger partial charge in [0.05, 0.1) is 5.69 Å². The number of halogens is 2. The molecule has 0 unspecified atom stereocenters. The summed E-state index contributed by atoms with van der Waals surface area (Å²) in [7, 11) is 0. The van der Waals surface area contributed by atoms with Crippen LogP contribution in [0.5, 0.6) is 0 Å². The van der Waals surface area contributed by atoms with E-state index >= 15 is 0 Å². The molecule has 2 rings (SSSR count). The van der Waals surface area contributed by atoms with Gasteiger partial charge in [-0.05, 0) is 53.4 Å². The van der Waals surface area contributed by atoms with Gasteiger partial charge in [0.15, 0.2) is 0 Å². The molecule has 1 aliphatic heterocycles. The molecular weight excluding hydrogens is 306 g/mol. The normalized spacial score (nSPS) is 16.4. The van der Waals surface area contributed by atoms with Crippen LogP contribution in [-0.2, 0) is 0 Å². The predicted octanol–water partition coefficient (Wildman–Crippen LogP) is 4.12. The van der Waals surface area contributed by atoms with E-state index in [0.29, 0.717) is 0 Å². The van der Waals surface area contributed by atoms with Crippen molar-refractivity contribution in [3.05, 3.63) is 26.6 Å². The second-order valence-electron chi connectivity index (χ2n) is 3.75. The van der Waals surface area contributed by atoms with Gasteiger partial charge in [-0.2, -0.15) is 0 Å². The van der Waals surface area contributed by atoms with Gasteiger partial charge < -0.3 is 4.90 Å². The minimum Gasteiger partial charge on any atom is -0.371 e. The number of hydrogen-bond donors (Lipinski definition) is 0. The highest BCUT2D eigenvalue weighted by Gasteiger charge is 2.15. The molecule has 0 amide bonds. The smallest absolute Gasteiger partial charge is 0.0514 e. The lowest BCUT2D eigenvalue weighted by Crippen LogP contribution is -2.18. The van der Waals surface area contributed by atoms with Crippen molar-refractivity contribution >= 4 is 37.5 Å².